The summed E-state index contributed by atoms with van der Waals surface area (Å²) in [5, 5.41) is 1.17. The van der Waals surface area contributed by atoms with Crippen molar-refractivity contribution in [2.75, 3.05) is 39.7 Å². The van der Waals surface area contributed by atoms with Crippen molar-refractivity contribution in [2.45, 2.75) is 6.54 Å². The summed E-state index contributed by atoms with van der Waals surface area (Å²) in [6.07, 6.45) is 2.14. The molecule has 2 aliphatic rings. The first-order valence-electron chi connectivity index (χ1n) is 9.77. The Labute approximate surface area is 174 Å². The average molecular weight is 410 g/mol. The van der Waals surface area contributed by atoms with E-state index in [0.29, 0.717) is 6.61 Å². The summed E-state index contributed by atoms with van der Waals surface area (Å²) in [6, 6.07) is 14.0. The summed E-state index contributed by atoms with van der Waals surface area (Å²) in [5.74, 6) is 2.26. The summed E-state index contributed by atoms with van der Waals surface area (Å²) >= 11 is 5.82. The Bertz CT molecular complexity index is 1040. The summed E-state index contributed by atoms with van der Waals surface area (Å²) in [5.41, 5.74) is 2.26. The third-order valence-corrected chi connectivity index (χ3v) is 5.74. The number of hydrogen-bond acceptors (Lipinski definition) is 5. The van der Waals surface area contributed by atoms with Crippen molar-refractivity contribution in [3.63, 3.8) is 0 Å². The predicted octanol–water partition coefficient (Wildman–Crippen LogP) is 3.46. The van der Waals surface area contributed by atoms with Gasteiger partial charge in [-0.1, -0.05) is 30.4 Å². The second-order valence-electron chi connectivity index (χ2n) is 7.02. The van der Waals surface area contributed by atoms with Crippen LogP contribution >= 0.6 is 12.2 Å². The second-order valence-corrected chi connectivity index (χ2v) is 7.41. The molecule has 0 aliphatic carbocycles. The molecule has 7 heteroatoms. The van der Waals surface area contributed by atoms with Crippen LogP contribution in [-0.4, -0.2) is 54.2 Å². The fraction of sp³-hybridized carbons (Fsp3) is 0.318. The van der Waals surface area contributed by atoms with Gasteiger partial charge in [-0.2, -0.15) is 0 Å². The number of fused-ring (bicyclic) bond motifs is 2. The Morgan fingerprint density at radius 3 is 2.76 bits per heavy atom. The minimum absolute atomic E-state index is 0.264. The average Bonchev–Trinajstić information content (AvgIpc) is 3.38. The number of hydrogen-bond donors (Lipinski definition) is 0. The number of aromatic nitrogens is 1. The van der Waals surface area contributed by atoms with E-state index in [1.807, 2.05) is 18.2 Å². The van der Waals surface area contributed by atoms with E-state index in [9.17, 15) is 0 Å². The van der Waals surface area contributed by atoms with Gasteiger partial charge in [0.1, 0.15) is 17.3 Å². The molecule has 0 unspecified atom stereocenters. The molecule has 29 heavy (non-hydrogen) atoms. The topological polar surface area (TPSA) is 45.1 Å². The van der Waals surface area contributed by atoms with Crippen LogP contribution in [0.2, 0.25) is 0 Å². The molecule has 1 saturated heterocycles. The van der Waals surface area contributed by atoms with Crippen LogP contribution in [0.25, 0.3) is 10.9 Å². The monoisotopic (exact) mass is 410 g/mol. The van der Waals surface area contributed by atoms with Crippen molar-refractivity contribution in [2.24, 2.45) is 0 Å². The molecule has 0 spiro atoms. The number of benzene rings is 2. The lowest BCUT2D eigenvalue weighted by Gasteiger charge is -2.29. The normalized spacial score (nSPS) is 15.7. The van der Waals surface area contributed by atoms with Crippen molar-refractivity contribution in [1.82, 2.24) is 9.47 Å². The molecule has 0 saturated carbocycles. The van der Waals surface area contributed by atoms with Gasteiger partial charge in [0.25, 0.3) is 0 Å². The molecule has 2 aromatic carbocycles. The summed E-state index contributed by atoms with van der Waals surface area (Å²) in [7, 11) is 0. The maximum Gasteiger partial charge on any atom is 0.231 e. The Kier molecular flexibility index (Phi) is 4.99. The first-order chi connectivity index (χ1) is 14.3. The van der Waals surface area contributed by atoms with Gasteiger partial charge in [0.2, 0.25) is 6.79 Å². The van der Waals surface area contributed by atoms with Gasteiger partial charge in [-0.25, -0.2) is 0 Å². The van der Waals surface area contributed by atoms with Crippen LogP contribution < -0.4 is 14.2 Å². The molecule has 5 rings (SSSR count). The molecule has 0 radical (unpaired) electrons. The molecule has 6 nitrogen and oxygen atoms in total. The first kappa shape index (κ1) is 18.3. The van der Waals surface area contributed by atoms with Gasteiger partial charge in [-0.3, -0.25) is 0 Å². The summed E-state index contributed by atoms with van der Waals surface area (Å²) < 4.78 is 24.4. The van der Waals surface area contributed by atoms with Crippen LogP contribution in [0, 0.1) is 0 Å². The predicted molar refractivity (Wildman–Crippen MR) is 114 cm³/mol. The van der Waals surface area contributed by atoms with Gasteiger partial charge in [0.15, 0.2) is 11.5 Å². The molecule has 0 atom stereocenters. The lowest BCUT2D eigenvalue weighted by atomic mass is 10.1. The van der Waals surface area contributed by atoms with Crippen molar-refractivity contribution >= 4 is 28.1 Å². The Morgan fingerprint density at radius 1 is 1.03 bits per heavy atom. The quantitative estimate of drug-likeness (QED) is 0.601. The maximum absolute atomic E-state index is 5.95. The van der Waals surface area contributed by atoms with E-state index >= 15 is 0 Å². The SMILES string of the molecule is S=C(c1cn(CCOc2ccc3c(c2)OCO3)c2ccccc12)N1CCOCC1. The van der Waals surface area contributed by atoms with Gasteiger partial charge < -0.3 is 28.4 Å². The largest absolute Gasteiger partial charge is 0.492 e. The fourth-order valence-corrected chi connectivity index (χ4v) is 4.11. The van der Waals surface area contributed by atoms with E-state index in [4.69, 9.17) is 31.2 Å². The Morgan fingerprint density at radius 2 is 1.86 bits per heavy atom. The van der Waals surface area contributed by atoms with Crippen molar-refractivity contribution in [1.29, 1.82) is 0 Å². The second kappa shape index (κ2) is 7.93. The summed E-state index contributed by atoms with van der Waals surface area (Å²) in [6.45, 7) is 4.66. The van der Waals surface area contributed by atoms with Crippen molar-refractivity contribution in [3.05, 3.63) is 54.2 Å². The molecular formula is C22H22N2O4S. The van der Waals surface area contributed by atoms with E-state index in [2.05, 4.69) is 39.9 Å². The third kappa shape index (κ3) is 3.63. The lowest BCUT2D eigenvalue weighted by molar-refractivity contribution is 0.0693. The van der Waals surface area contributed by atoms with Crippen LogP contribution in [0.1, 0.15) is 5.56 Å². The number of rotatable bonds is 5. The molecule has 3 aromatic rings. The summed E-state index contributed by atoms with van der Waals surface area (Å²) in [4.78, 5) is 3.12. The van der Waals surface area contributed by atoms with Crippen LogP contribution in [0.4, 0.5) is 0 Å². The molecule has 2 aliphatic heterocycles. The molecule has 1 fully saturated rings. The highest BCUT2D eigenvalue weighted by molar-refractivity contribution is 7.80. The van der Waals surface area contributed by atoms with E-state index in [-0.39, 0.29) is 6.79 Å². The third-order valence-electron chi connectivity index (χ3n) is 5.26. The molecule has 3 heterocycles. The van der Waals surface area contributed by atoms with Crippen LogP contribution in [-0.2, 0) is 11.3 Å². The highest BCUT2D eigenvalue weighted by atomic mass is 32.1. The van der Waals surface area contributed by atoms with Gasteiger partial charge in [0, 0.05) is 41.8 Å². The highest BCUT2D eigenvalue weighted by Gasteiger charge is 2.19. The number of morpholine rings is 1. The zero-order valence-corrected chi connectivity index (χ0v) is 16.8. The number of ether oxygens (including phenoxy) is 4. The number of nitrogens with zero attached hydrogens (tertiary/aromatic N) is 2. The van der Waals surface area contributed by atoms with Crippen molar-refractivity contribution < 1.29 is 18.9 Å². The Balaban J connectivity index is 1.33. The van der Waals surface area contributed by atoms with E-state index < -0.39 is 0 Å². The molecule has 150 valence electrons. The highest BCUT2D eigenvalue weighted by Crippen LogP contribution is 2.35. The minimum Gasteiger partial charge on any atom is -0.492 e. The van der Waals surface area contributed by atoms with Gasteiger partial charge in [0.05, 0.1) is 19.8 Å². The minimum atomic E-state index is 0.264. The van der Waals surface area contributed by atoms with E-state index in [0.717, 1.165) is 66.2 Å². The molecular weight excluding hydrogens is 388 g/mol. The van der Waals surface area contributed by atoms with Crippen molar-refractivity contribution in [3.8, 4) is 17.2 Å². The van der Waals surface area contributed by atoms with Crippen LogP contribution in [0.15, 0.2) is 48.7 Å². The number of para-hydroxylation sites is 1. The van der Waals surface area contributed by atoms with Gasteiger partial charge >= 0.3 is 0 Å². The number of thiocarbonyl (C=S) groups is 1. The maximum atomic E-state index is 5.95. The van der Waals surface area contributed by atoms with Crippen LogP contribution in [0.3, 0.4) is 0 Å². The lowest BCUT2D eigenvalue weighted by Crippen LogP contribution is -2.40. The molecule has 0 bridgehead atoms. The van der Waals surface area contributed by atoms with Gasteiger partial charge in [-0.05, 0) is 18.2 Å². The Hall–Kier alpha value is -2.77. The first-order valence-corrected chi connectivity index (χ1v) is 10.2. The molecule has 0 N–H and O–H groups in total. The smallest absolute Gasteiger partial charge is 0.231 e. The zero-order valence-electron chi connectivity index (χ0n) is 16.0. The standard InChI is InChI=1S/C22H22N2O4S/c29-22(23-7-10-25-11-8-23)18-14-24(19-4-2-1-3-17(18)19)9-12-26-16-5-6-20-21(13-16)28-15-27-20/h1-6,13-14H,7-12,15H2. The van der Waals surface area contributed by atoms with Crippen LogP contribution in [0.5, 0.6) is 17.2 Å². The fourth-order valence-electron chi connectivity index (χ4n) is 3.77. The zero-order chi connectivity index (χ0) is 19.6. The van der Waals surface area contributed by atoms with Gasteiger partial charge in [-0.15, -0.1) is 0 Å². The molecule has 1 aromatic heterocycles. The molecule has 0 amide bonds. The van der Waals surface area contributed by atoms with E-state index in [1.54, 1.807) is 0 Å². The van der Waals surface area contributed by atoms with E-state index in [1.165, 1.54) is 5.39 Å².